The van der Waals surface area contributed by atoms with Crippen LogP contribution in [0.4, 0.5) is 0 Å². The Morgan fingerprint density at radius 1 is 1.32 bits per heavy atom. The lowest BCUT2D eigenvalue weighted by molar-refractivity contribution is -0.123. The highest BCUT2D eigenvalue weighted by Gasteiger charge is 2.40. The van der Waals surface area contributed by atoms with E-state index in [2.05, 4.69) is 10.6 Å². The summed E-state index contributed by atoms with van der Waals surface area (Å²) in [7, 11) is 0. The number of amides is 1. The van der Waals surface area contributed by atoms with Gasteiger partial charge in [-0.15, -0.1) is 12.4 Å². The number of hydrogen-bond donors (Lipinski definition) is 2. The summed E-state index contributed by atoms with van der Waals surface area (Å²) in [5, 5.41) is 7.70. The zero-order valence-electron chi connectivity index (χ0n) is 12.3. The quantitative estimate of drug-likeness (QED) is 0.856. The number of hydrogen-bond acceptors (Lipinski definition) is 2. The van der Waals surface area contributed by atoms with E-state index in [0.29, 0.717) is 16.6 Å². The molecule has 3 nitrogen and oxygen atoms in total. The lowest BCUT2D eigenvalue weighted by Gasteiger charge is -2.43. The van der Waals surface area contributed by atoms with Crippen LogP contribution in [0.3, 0.4) is 0 Å². The Morgan fingerprint density at radius 3 is 2.64 bits per heavy atom. The van der Waals surface area contributed by atoms with E-state index in [1.165, 1.54) is 6.42 Å². The van der Waals surface area contributed by atoms with Crippen molar-refractivity contribution in [3.05, 3.63) is 33.8 Å². The molecule has 3 rings (SSSR count). The smallest absolute Gasteiger partial charge is 0.237 e. The van der Waals surface area contributed by atoms with Gasteiger partial charge in [-0.1, -0.05) is 35.7 Å². The second-order valence-corrected chi connectivity index (χ2v) is 6.97. The standard InChI is InChI=1S/C16H20Cl2N2O.ClH/c17-11-4-5-12(13(18)9-11)16(6-2-7-16)10-20-15(21)14-3-1-8-19-14;/h4-5,9,14,19H,1-3,6-8,10H2,(H,20,21);1H. The fourth-order valence-electron chi connectivity index (χ4n) is 3.35. The molecule has 1 saturated carbocycles. The number of carbonyl (C=O) groups is 1. The topological polar surface area (TPSA) is 41.1 Å². The molecule has 0 bridgehead atoms. The molecule has 2 aliphatic rings. The first-order chi connectivity index (χ1) is 10.1. The van der Waals surface area contributed by atoms with E-state index in [1.807, 2.05) is 12.1 Å². The van der Waals surface area contributed by atoms with Gasteiger partial charge in [-0.05, 0) is 49.9 Å². The molecule has 1 aromatic rings. The van der Waals surface area contributed by atoms with Crippen molar-refractivity contribution in [2.75, 3.05) is 13.1 Å². The third-order valence-corrected chi connectivity index (χ3v) is 5.34. The van der Waals surface area contributed by atoms with Gasteiger partial charge >= 0.3 is 0 Å². The average Bonchev–Trinajstić information content (AvgIpc) is 2.93. The maximum atomic E-state index is 12.2. The Balaban J connectivity index is 0.00000176. The molecule has 1 atom stereocenters. The van der Waals surface area contributed by atoms with Gasteiger partial charge in [0.25, 0.3) is 0 Å². The maximum Gasteiger partial charge on any atom is 0.237 e. The molecule has 22 heavy (non-hydrogen) atoms. The highest BCUT2D eigenvalue weighted by molar-refractivity contribution is 6.35. The van der Waals surface area contributed by atoms with E-state index in [-0.39, 0.29) is 29.8 Å². The first kappa shape index (κ1) is 17.9. The van der Waals surface area contributed by atoms with E-state index >= 15 is 0 Å². The van der Waals surface area contributed by atoms with Gasteiger partial charge in [0, 0.05) is 22.0 Å². The highest BCUT2D eigenvalue weighted by atomic mass is 35.5. The summed E-state index contributed by atoms with van der Waals surface area (Å²) in [6.07, 6.45) is 5.31. The molecule has 2 fully saturated rings. The Morgan fingerprint density at radius 2 is 2.09 bits per heavy atom. The van der Waals surface area contributed by atoms with Gasteiger partial charge in [0.2, 0.25) is 5.91 Å². The van der Waals surface area contributed by atoms with Gasteiger partial charge in [-0.25, -0.2) is 0 Å². The number of halogens is 3. The number of benzene rings is 1. The zero-order chi connectivity index (χ0) is 14.9. The van der Waals surface area contributed by atoms with Crippen LogP contribution in [-0.2, 0) is 10.2 Å². The fraction of sp³-hybridized carbons (Fsp3) is 0.562. The first-order valence-corrected chi connectivity index (χ1v) is 8.33. The molecule has 1 saturated heterocycles. The molecule has 1 heterocycles. The van der Waals surface area contributed by atoms with E-state index in [0.717, 1.165) is 37.8 Å². The lowest BCUT2D eigenvalue weighted by Crippen LogP contribution is -2.49. The van der Waals surface area contributed by atoms with E-state index in [9.17, 15) is 4.79 Å². The lowest BCUT2D eigenvalue weighted by atomic mass is 9.64. The number of carbonyl (C=O) groups excluding carboxylic acids is 1. The third kappa shape index (κ3) is 3.53. The summed E-state index contributed by atoms with van der Waals surface area (Å²) in [5.41, 5.74) is 1.09. The molecule has 1 aliphatic heterocycles. The second-order valence-electron chi connectivity index (χ2n) is 6.12. The molecule has 0 radical (unpaired) electrons. The predicted octanol–water partition coefficient (Wildman–Crippen LogP) is 3.71. The Bertz CT molecular complexity index is 540. The zero-order valence-corrected chi connectivity index (χ0v) is 14.7. The third-order valence-electron chi connectivity index (χ3n) is 4.79. The van der Waals surface area contributed by atoms with Gasteiger partial charge in [0.05, 0.1) is 6.04 Å². The van der Waals surface area contributed by atoms with Crippen molar-refractivity contribution >= 4 is 41.5 Å². The Labute approximate surface area is 147 Å². The fourth-order valence-corrected chi connectivity index (χ4v) is 3.96. The van der Waals surface area contributed by atoms with Crippen LogP contribution in [0, 0.1) is 0 Å². The highest BCUT2D eigenvalue weighted by Crippen LogP contribution is 2.46. The van der Waals surface area contributed by atoms with Crippen molar-refractivity contribution in [3.8, 4) is 0 Å². The SMILES string of the molecule is Cl.O=C(NCC1(c2ccc(Cl)cc2Cl)CCC1)C1CCCN1. The predicted molar refractivity (Wildman–Crippen MR) is 93.3 cm³/mol. The summed E-state index contributed by atoms with van der Waals surface area (Å²) < 4.78 is 0. The van der Waals surface area contributed by atoms with Crippen LogP contribution in [0.5, 0.6) is 0 Å². The Kier molecular flexibility index (Phi) is 6.00. The van der Waals surface area contributed by atoms with Gasteiger partial charge in [0.15, 0.2) is 0 Å². The molecule has 6 heteroatoms. The molecule has 1 unspecified atom stereocenters. The van der Waals surface area contributed by atoms with Crippen molar-refractivity contribution in [3.63, 3.8) is 0 Å². The van der Waals surface area contributed by atoms with E-state index < -0.39 is 0 Å². The van der Waals surface area contributed by atoms with E-state index in [4.69, 9.17) is 23.2 Å². The van der Waals surface area contributed by atoms with Crippen molar-refractivity contribution < 1.29 is 4.79 Å². The number of nitrogens with one attached hydrogen (secondary N) is 2. The molecular weight excluding hydrogens is 343 g/mol. The minimum absolute atomic E-state index is 0. The number of rotatable bonds is 4. The Hall–Kier alpha value is -0.480. The van der Waals surface area contributed by atoms with Crippen LogP contribution in [-0.4, -0.2) is 25.0 Å². The van der Waals surface area contributed by atoms with Crippen LogP contribution in [0.15, 0.2) is 18.2 Å². The maximum absolute atomic E-state index is 12.2. The molecular formula is C16H21Cl3N2O. The minimum atomic E-state index is -0.0252. The normalized spacial score (nSPS) is 22.5. The molecule has 0 aromatic heterocycles. The van der Waals surface area contributed by atoms with Gasteiger partial charge in [0.1, 0.15) is 0 Å². The summed E-state index contributed by atoms with van der Waals surface area (Å²) in [6, 6.07) is 5.65. The van der Waals surface area contributed by atoms with Crippen LogP contribution in [0.1, 0.15) is 37.7 Å². The average molecular weight is 364 g/mol. The molecule has 1 amide bonds. The monoisotopic (exact) mass is 362 g/mol. The summed E-state index contributed by atoms with van der Waals surface area (Å²) in [4.78, 5) is 12.2. The van der Waals surface area contributed by atoms with Crippen molar-refractivity contribution in [1.82, 2.24) is 10.6 Å². The van der Waals surface area contributed by atoms with Gasteiger partial charge < -0.3 is 10.6 Å². The molecule has 122 valence electrons. The van der Waals surface area contributed by atoms with Crippen LogP contribution < -0.4 is 10.6 Å². The molecule has 1 aromatic carbocycles. The van der Waals surface area contributed by atoms with Crippen LogP contribution in [0.2, 0.25) is 10.0 Å². The van der Waals surface area contributed by atoms with Crippen LogP contribution >= 0.6 is 35.6 Å². The van der Waals surface area contributed by atoms with Crippen molar-refractivity contribution in [1.29, 1.82) is 0 Å². The molecule has 1 aliphatic carbocycles. The van der Waals surface area contributed by atoms with Gasteiger partial charge in [-0.2, -0.15) is 0 Å². The molecule has 0 spiro atoms. The van der Waals surface area contributed by atoms with Crippen LogP contribution in [0.25, 0.3) is 0 Å². The second kappa shape index (κ2) is 7.39. The largest absolute Gasteiger partial charge is 0.354 e. The molecule has 2 N–H and O–H groups in total. The minimum Gasteiger partial charge on any atom is -0.354 e. The van der Waals surface area contributed by atoms with Gasteiger partial charge in [-0.3, -0.25) is 4.79 Å². The van der Waals surface area contributed by atoms with E-state index in [1.54, 1.807) is 6.07 Å². The first-order valence-electron chi connectivity index (χ1n) is 7.57. The van der Waals surface area contributed by atoms with Crippen molar-refractivity contribution in [2.45, 2.75) is 43.6 Å². The van der Waals surface area contributed by atoms with Crippen molar-refractivity contribution in [2.24, 2.45) is 0 Å². The summed E-state index contributed by atoms with van der Waals surface area (Å²) in [5.74, 6) is 0.115. The summed E-state index contributed by atoms with van der Waals surface area (Å²) in [6.45, 7) is 1.59. The summed E-state index contributed by atoms with van der Waals surface area (Å²) >= 11 is 12.3.